The highest BCUT2D eigenvalue weighted by atomic mass is 35.5. The van der Waals surface area contributed by atoms with Crippen molar-refractivity contribution in [3.05, 3.63) is 11.6 Å². The zero-order chi connectivity index (χ0) is 10.1. The second-order valence-corrected chi connectivity index (χ2v) is 5.28. The van der Waals surface area contributed by atoms with Gasteiger partial charge in [0, 0.05) is 18.7 Å². The maximum Gasteiger partial charge on any atom is 0.0758 e. The zero-order valence-corrected chi connectivity index (χ0v) is 10.6. The van der Waals surface area contributed by atoms with E-state index in [4.69, 9.17) is 4.74 Å². The fourth-order valence-electron chi connectivity index (χ4n) is 3.24. The van der Waals surface area contributed by atoms with E-state index >= 15 is 0 Å². The van der Waals surface area contributed by atoms with Gasteiger partial charge in [0.05, 0.1) is 6.10 Å². The van der Waals surface area contributed by atoms with Gasteiger partial charge in [-0.3, -0.25) is 0 Å². The molecule has 3 unspecified atom stereocenters. The third kappa shape index (κ3) is 2.79. The van der Waals surface area contributed by atoms with Crippen LogP contribution in [0, 0.1) is 0 Å². The monoisotopic (exact) mass is 243 g/mol. The minimum absolute atomic E-state index is 0. The first-order valence-electron chi connectivity index (χ1n) is 6.47. The Bertz CT molecular complexity index is 247. The van der Waals surface area contributed by atoms with Gasteiger partial charge in [-0.15, -0.1) is 12.4 Å². The SMILES string of the molecule is C(=C1CC2CCC(C1)N2)C1CCCCO1.Cl. The highest BCUT2D eigenvalue weighted by Gasteiger charge is 2.30. The van der Waals surface area contributed by atoms with Gasteiger partial charge in [-0.05, 0) is 44.9 Å². The van der Waals surface area contributed by atoms with Crippen LogP contribution in [0.15, 0.2) is 11.6 Å². The molecule has 0 aromatic rings. The molecule has 3 saturated heterocycles. The van der Waals surface area contributed by atoms with E-state index in [1.165, 1.54) is 44.9 Å². The van der Waals surface area contributed by atoms with E-state index in [9.17, 15) is 0 Å². The van der Waals surface area contributed by atoms with Gasteiger partial charge in [0.2, 0.25) is 0 Å². The second kappa shape index (κ2) is 5.52. The van der Waals surface area contributed by atoms with Crippen LogP contribution < -0.4 is 5.32 Å². The number of hydrogen-bond acceptors (Lipinski definition) is 2. The molecule has 3 rings (SSSR count). The molecule has 0 spiro atoms. The molecule has 0 aromatic carbocycles. The van der Waals surface area contributed by atoms with E-state index in [0.717, 1.165) is 18.7 Å². The second-order valence-electron chi connectivity index (χ2n) is 5.28. The molecule has 3 aliphatic heterocycles. The number of nitrogens with one attached hydrogen (secondary N) is 1. The highest BCUT2D eigenvalue weighted by molar-refractivity contribution is 5.85. The third-order valence-corrected chi connectivity index (χ3v) is 3.99. The summed E-state index contributed by atoms with van der Waals surface area (Å²) in [5.41, 5.74) is 1.66. The average Bonchev–Trinajstić information content (AvgIpc) is 2.60. The molecule has 0 amide bonds. The summed E-state index contributed by atoms with van der Waals surface area (Å²) in [6.45, 7) is 0.972. The van der Waals surface area contributed by atoms with Gasteiger partial charge in [0.25, 0.3) is 0 Å². The van der Waals surface area contributed by atoms with Crippen LogP contribution in [-0.2, 0) is 4.74 Å². The van der Waals surface area contributed by atoms with Crippen molar-refractivity contribution in [2.45, 2.75) is 63.1 Å². The van der Waals surface area contributed by atoms with Crippen molar-refractivity contribution in [2.24, 2.45) is 0 Å². The lowest BCUT2D eigenvalue weighted by atomic mass is 9.96. The predicted octanol–water partition coefficient (Wildman–Crippen LogP) is 2.82. The van der Waals surface area contributed by atoms with Crippen LogP contribution in [0.2, 0.25) is 0 Å². The van der Waals surface area contributed by atoms with Gasteiger partial charge < -0.3 is 10.1 Å². The average molecular weight is 244 g/mol. The molecule has 3 heterocycles. The van der Waals surface area contributed by atoms with Gasteiger partial charge >= 0.3 is 0 Å². The summed E-state index contributed by atoms with van der Waals surface area (Å²) in [4.78, 5) is 0. The fourth-order valence-corrected chi connectivity index (χ4v) is 3.24. The molecular formula is C13H22ClNO. The summed E-state index contributed by atoms with van der Waals surface area (Å²) in [6.07, 6.45) is 12.0. The number of ether oxygens (including phenoxy) is 1. The number of rotatable bonds is 1. The molecule has 0 aromatic heterocycles. The van der Waals surface area contributed by atoms with Crippen molar-refractivity contribution in [2.75, 3.05) is 6.61 Å². The van der Waals surface area contributed by atoms with Crippen molar-refractivity contribution < 1.29 is 4.74 Å². The van der Waals surface area contributed by atoms with E-state index in [1.807, 2.05) is 0 Å². The van der Waals surface area contributed by atoms with Gasteiger partial charge in [0.1, 0.15) is 0 Å². The molecule has 3 fully saturated rings. The summed E-state index contributed by atoms with van der Waals surface area (Å²) in [5.74, 6) is 0. The molecule has 2 bridgehead atoms. The lowest BCUT2D eigenvalue weighted by molar-refractivity contribution is 0.0458. The molecular weight excluding hydrogens is 222 g/mol. The van der Waals surface area contributed by atoms with Crippen LogP contribution in [-0.4, -0.2) is 24.8 Å². The van der Waals surface area contributed by atoms with Gasteiger partial charge in [-0.1, -0.05) is 11.6 Å². The first-order chi connectivity index (χ1) is 7.40. The predicted molar refractivity (Wildman–Crippen MR) is 68.1 cm³/mol. The zero-order valence-electron chi connectivity index (χ0n) is 9.78. The lowest BCUT2D eigenvalue weighted by Gasteiger charge is -2.26. The van der Waals surface area contributed by atoms with Crippen LogP contribution in [0.3, 0.4) is 0 Å². The molecule has 3 heteroatoms. The Balaban J connectivity index is 0.000000963. The molecule has 0 saturated carbocycles. The van der Waals surface area contributed by atoms with Crippen molar-refractivity contribution in [1.82, 2.24) is 5.32 Å². The van der Waals surface area contributed by atoms with E-state index in [1.54, 1.807) is 5.57 Å². The first-order valence-corrected chi connectivity index (χ1v) is 6.47. The molecule has 0 aliphatic carbocycles. The van der Waals surface area contributed by atoms with Crippen LogP contribution in [0.5, 0.6) is 0 Å². The van der Waals surface area contributed by atoms with E-state index < -0.39 is 0 Å². The lowest BCUT2D eigenvalue weighted by Crippen LogP contribution is -2.35. The van der Waals surface area contributed by atoms with Crippen molar-refractivity contribution in [3.63, 3.8) is 0 Å². The Hall–Kier alpha value is -0.0500. The number of piperidine rings is 1. The first kappa shape index (κ1) is 12.4. The Kier molecular flexibility index (Phi) is 4.28. The smallest absolute Gasteiger partial charge is 0.0758 e. The summed E-state index contributed by atoms with van der Waals surface area (Å²) in [6, 6.07) is 1.55. The Morgan fingerprint density at radius 2 is 1.81 bits per heavy atom. The largest absolute Gasteiger partial charge is 0.374 e. The number of fused-ring (bicyclic) bond motifs is 2. The molecule has 92 valence electrons. The van der Waals surface area contributed by atoms with E-state index in [0.29, 0.717) is 6.10 Å². The van der Waals surface area contributed by atoms with Crippen molar-refractivity contribution >= 4 is 12.4 Å². The number of hydrogen-bond donors (Lipinski definition) is 1. The van der Waals surface area contributed by atoms with Crippen LogP contribution >= 0.6 is 12.4 Å². The van der Waals surface area contributed by atoms with Gasteiger partial charge in [-0.2, -0.15) is 0 Å². The Morgan fingerprint density at radius 1 is 1.06 bits per heavy atom. The van der Waals surface area contributed by atoms with Crippen LogP contribution in [0.4, 0.5) is 0 Å². The molecule has 1 N–H and O–H groups in total. The summed E-state index contributed by atoms with van der Waals surface area (Å²) in [5, 5.41) is 3.68. The summed E-state index contributed by atoms with van der Waals surface area (Å²) in [7, 11) is 0. The molecule has 16 heavy (non-hydrogen) atoms. The maximum absolute atomic E-state index is 5.77. The molecule has 3 atom stereocenters. The van der Waals surface area contributed by atoms with Crippen molar-refractivity contribution in [1.29, 1.82) is 0 Å². The van der Waals surface area contributed by atoms with E-state index in [2.05, 4.69) is 11.4 Å². The summed E-state index contributed by atoms with van der Waals surface area (Å²) >= 11 is 0. The van der Waals surface area contributed by atoms with Crippen LogP contribution in [0.1, 0.15) is 44.9 Å². The summed E-state index contributed by atoms with van der Waals surface area (Å²) < 4.78 is 5.77. The van der Waals surface area contributed by atoms with Crippen molar-refractivity contribution in [3.8, 4) is 0 Å². The number of halogens is 1. The normalized spacial score (nSPS) is 38.0. The van der Waals surface area contributed by atoms with Gasteiger partial charge in [0.15, 0.2) is 0 Å². The fraction of sp³-hybridized carbons (Fsp3) is 0.846. The third-order valence-electron chi connectivity index (χ3n) is 3.99. The maximum atomic E-state index is 5.77. The highest BCUT2D eigenvalue weighted by Crippen LogP contribution is 2.31. The Morgan fingerprint density at radius 3 is 2.44 bits per heavy atom. The molecule has 2 nitrogen and oxygen atoms in total. The molecule has 0 radical (unpaired) electrons. The van der Waals surface area contributed by atoms with E-state index in [-0.39, 0.29) is 12.4 Å². The topological polar surface area (TPSA) is 21.3 Å². The quantitative estimate of drug-likeness (QED) is 0.716. The minimum atomic E-state index is 0. The van der Waals surface area contributed by atoms with Gasteiger partial charge in [-0.25, -0.2) is 0 Å². The molecule has 3 aliphatic rings. The standard InChI is InChI=1S/C13H21NO.ClH/c1-2-6-15-13(3-1)9-10-7-11-4-5-12(8-10)14-11;/h9,11-14H,1-8H2;1H. The van der Waals surface area contributed by atoms with Crippen LogP contribution in [0.25, 0.3) is 0 Å². The minimum Gasteiger partial charge on any atom is -0.374 e. The Labute approximate surface area is 104 Å².